The van der Waals surface area contributed by atoms with Crippen molar-refractivity contribution in [2.75, 3.05) is 13.2 Å². The second-order valence-corrected chi connectivity index (χ2v) is 2.54. The third-order valence-corrected chi connectivity index (χ3v) is 1.73. The van der Waals surface area contributed by atoms with Gasteiger partial charge in [0.05, 0.1) is 13.2 Å². The molecule has 0 unspecified atom stereocenters. The van der Waals surface area contributed by atoms with E-state index in [1.807, 2.05) is 19.9 Å². The number of hydrogen-bond donors (Lipinski definition) is 1. The molecule has 1 aliphatic rings. The molecule has 2 rings (SSSR count). The maximum Gasteiger partial charge on any atom is 0.289 e. The van der Waals surface area contributed by atoms with E-state index in [2.05, 4.69) is 0 Å². The minimum absolute atomic E-state index is 0.420. The van der Waals surface area contributed by atoms with Gasteiger partial charge in [0.2, 0.25) is 12.5 Å². The number of hydrogen-bond acceptors (Lipinski definition) is 3. The highest BCUT2D eigenvalue weighted by Gasteiger charge is 2.27. The quantitative estimate of drug-likeness (QED) is 0.546. The summed E-state index contributed by atoms with van der Waals surface area (Å²) >= 11 is 0. The first kappa shape index (κ1) is 10.9. The Hall–Kier alpha value is -1.13. The molecular weight excluding hydrogens is 182 g/mol. The van der Waals surface area contributed by atoms with E-state index in [0.717, 1.165) is 4.73 Å². The van der Waals surface area contributed by atoms with Gasteiger partial charge in [-0.1, -0.05) is 13.8 Å². The molecule has 0 bridgehead atoms. The van der Waals surface area contributed by atoms with Gasteiger partial charge in [-0.2, -0.15) is 0 Å². The van der Waals surface area contributed by atoms with Crippen molar-refractivity contribution in [3.8, 4) is 0 Å². The average Bonchev–Trinajstić information content (AvgIpc) is 2.75. The summed E-state index contributed by atoms with van der Waals surface area (Å²) < 4.78 is 11.4. The van der Waals surface area contributed by atoms with Crippen LogP contribution in [0.15, 0.2) is 24.4 Å². The monoisotopic (exact) mass is 198 g/mol. The van der Waals surface area contributed by atoms with E-state index >= 15 is 0 Å². The predicted octanol–water partition coefficient (Wildman–Crippen LogP) is 1.28. The van der Waals surface area contributed by atoms with Crippen molar-refractivity contribution in [1.29, 1.82) is 0 Å². The van der Waals surface area contributed by atoms with E-state index in [1.54, 1.807) is 18.3 Å². The molecule has 1 N–H and O–H groups in total. The molecule has 1 aliphatic heterocycles. The fourth-order valence-electron chi connectivity index (χ4n) is 1.16. The van der Waals surface area contributed by atoms with Crippen LogP contribution in [0.2, 0.25) is 0 Å². The van der Waals surface area contributed by atoms with Crippen molar-refractivity contribution in [3.63, 3.8) is 0 Å². The molecule has 4 nitrogen and oxygen atoms in total. The summed E-state index contributed by atoms with van der Waals surface area (Å²) in [6.45, 7) is 5.17. The van der Waals surface area contributed by atoms with Crippen LogP contribution in [0.1, 0.15) is 25.8 Å². The Bertz CT molecular complexity index is 272. The van der Waals surface area contributed by atoms with E-state index in [9.17, 15) is 5.21 Å². The van der Waals surface area contributed by atoms with Gasteiger partial charge in [0, 0.05) is 16.9 Å². The fourth-order valence-corrected chi connectivity index (χ4v) is 1.16. The normalized spacial score (nSPS) is 16.1. The third-order valence-electron chi connectivity index (χ3n) is 1.73. The highest BCUT2D eigenvalue weighted by molar-refractivity contribution is 4.98. The van der Waals surface area contributed by atoms with Crippen LogP contribution in [0.5, 0.6) is 0 Å². The molecule has 0 spiro atoms. The van der Waals surface area contributed by atoms with Gasteiger partial charge in [0.1, 0.15) is 0 Å². The van der Waals surface area contributed by atoms with Gasteiger partial charge in [0.25, 0.3) is 5.69 Å². The van der Waals surface area contributed by atoms with Crippen molar-refractivity contribution >= 4 is 0 Å². The molecule has 2 heterocycles. The summed E-state index contributed by atoms with van der Waals surface area (Å²) in [6.07, 6.45) is 1.12. The summed E-state index contributed by atoms with van der Waals surface area (Å²) in [5, 5.41) is 9.33. The van der Waals surface area contributed by atoms with E-state index < -0.39 is 6.29 Å². The Morgan fingerprint density at radius 1 is 1.29 bits per heavy atom. The molecule has 14 heavy (non-hydrogen) atoms. The molecule has 0 aliphatic carbocycles. The van der Waals surface area contributed by atoms with Crippen LogP contribution in [0, 0.1) is 0 Å². The Morgan fingerprint density at radius 2 is 1.93 bits per heavy atom. The topological polar surface area (TPSA) is 42.6 Å². The first-order chi connectivity index (χ1) is 6.88. The standard InChI is InChI=1S/C8H10NO3.C2H6/c10-9-4-2-1-3-7(9)8-11-5-6-12-8;1-2/h1-4,8,10H,5-6H2;1-2H3/q+1;. The summed E-state index contributed by atoms with van der Waals surface area (Å²) in [5.41, 5.74) is 0.620. The molecule has 1 aromatic heterocycles. The van der Waals surface area contributed by atoms with Gasteiger partial charge < -0.3 is 9.47 Å². The SMILES string of the molecule is CC.O[n+]1ccccc1C1OCCO1. The Labute approximate surface area is 83.7 Å². The van der Waals surface area contributed by atoms with E-state index in [1.165, 1.54) is 0 Å². The van der Waals surface area contributed by atoms with Gasteiger partial charge in [-0.15, -0.1) is 0 Å². The number of rotatable bonds is 1. The lowest BCUT2D eigenvalue weighted by Crippen LogP contribution is -2.36. The zero-order chi connectivity index (χ0) is 10.4. The largest absolute Gasteiger partial charge is 0.341 e. The molecule has 1 fully saturated rings. The van der Waals surface area contributed by atoms with Gasteiger partial charge >= 0.3 is 0 Å². The van der Waals surface area contributed by atoms with Gasteiger partial charge in [-0.3, -0.25) is 5.21 Å². The lowest BCUT2D eigenvalue weighted by molar-refractivity contribution is -0.912. The van der Waals surface area contributed by atoms with Crippen molar-refractivity contribution in [2.24, 2.45) is 0 Å². The lowest BCUT2D eigenvalue weighted by atomic mass is 10.3. The summed E-state index contributed by atoms with van der Waals surface area (Å²) in [5.74, 6) is 0. The molecule has 4 heteroatoms. The minimum atomic E-state index is -0.420. The van der Waals surface area contributed by atoms with Crippen molar-refractivity contribution in [1.82, 2.24) is 0 Å². The van der Waals surface area contributed by atoms with Crippen LogP contribution in [-0.4, -0.2) is 18.4 Å². The smallest absolute Gasteiger partial charge is 0.289 e. The zero-order valence-corrected chi connectivity index (χ0v) is 8.51. The highest BCUT2D eigenvalue weighted by atomic mass is 16.7. The van der Waals surface area contributed by atoms with Crippen LogP contribution in [0.3, 0.4) is 0 Å². The number of pyridine rings is 1. The van der Waals surface area contributed by atoms with E-state index in [4.69, 9.17) is 9.47 Å². The number of ether oxygens (including phenoxy) is 2. The summed E-state index contributed by atoms with van der Waals surface area (Å²) in [7, 11) is 0. The van der Waals surface area contributed by atoms with Crippen molar-refractivity contribution < 1.29 is 19.4 Å². The van der Waals surface area contributed by atoms with E-state index in [-0.39, 0.29) is 0 Å². The second-order valence-electron chi connectivity index (χ2n) is 2.54. The first-order valence-corrected chi connectivity index (χ1v) is 4.81. The highest BCUT2D eigenvalue weighted by Crippen LogP contribution is 2.19. The summed E-state index contributed by atoms with van der Waals surface area (Å²) in [4.78, 5) is 0. The van der Waals surface area contributed by atoms with Crippen LogP contribution < -0.4 is 4.73 Å². The van der Waals surface area contributed by atoms with Gasteiger partial charge in [0.15, 0.2) is 0 Å². The molecule has 0 atom stereocenters. The minimum Gasteiger partial charge on any atom is -0.341 e. The third kappa shape index (κ3) is 2.43. The lowest BCUT2D eigenvalue weighted by Gasteiger charge is -2.02. The van der Waals surface area contributed by atoms with Crippen LogP contribution in [0.25, 0.3) is 0 Å². The fraction of sp³-hybridized carbons (Fsp3) is 0.500. The molecule has 1 aromatic rings. The molecular formula is C10H16NO3+. The number of aromatic nitrogens is 1. The van der Waals surface area contributed by atoms with Gasteiger partial charge in [-0.25, -0.2) is 0 Å². The van der Waals surface area contributed by atoms with Crippen molar-refractivity contribution in [3.05, 3.63) is 30.1 Å². The Morgan fingerprint density at radius 3 is 2.50 bits per heavy atom. The van der Waals surface area contributed by atoms with Crippen LogP contribution in [-0.2, 0) is 9.47 Å². The second kappa shape index (κ2) is 5.57. The molecule has 78 valence electrons. The Kier molecular flexibility index (Phi) is 4.35. The zero-order valence-electron chi connectivity index (χ0n) is 8.51. The Balaban J connectivity index is 0.000000461. The van der Waals surface area contributed by atoms with E-state index in [0.29, 0.717) is 18.9 Å². The van der Waals surface area contributed by atoms with Gasteiger partial charge in [-0.05, 0) is 6.07 Å². The average molecular weight is 198 g/mol. The summed E-state index contributed by atoms with van der Waals surface area (Å²) in [6, 6.07) is 5.32. The molecule has 0 aromatic carbocycles. The van der Waals surface area contributed by atoms with Crippen LogP contribution in [0.4, 0.5) is 0 Å². The molecule has 1 saturated heterocycles. The molecule has 0 amide bonds. The first-order valence-electron chi connectivity index (χ1n) is 4.81. The van der Waals surface area contributed by atoms with Crippen molar-refractivity contribution in [2.45, 2.75) is 20.1 Å². The predicted molar refractivity (Wildman–Crippen MR) is 49.8 cm³/mol. The molecule has 0 radical (unpaired) electrons. The maximum absolute atomic E-state index is 9.33. The van der Waals surface area contributed by atoms with Crippen LogP contribution >= 0.6 is 0 Å². The maximum atomic E-state index is 9.33. The molecule has 0 saturated carbocycles. The number of nitrogens with zero attached hydrogens (tertiary/aromatic N) is 1.